The van der Waals surface area contributed by atoms with E-state index in [1.807, 2.05) is 11.8 Å². The summed E-state index contributed by atoms with van der Waals surface area (Å²) in [6, 6.07) is 15.3. The molecule has 0 N–H and O–H groups in total. The molecule has 2 aromatic rings. The van der Waals surface area contributed by atoms with Gasteiger partial charge in [0.25, 0.3) is 0 Å². The van der Waals surface area contributed by atoms with Gasteiger partial charge < -0.3 is 0 Å². The van der Waals surface area contributed by atoms with E-state index in [4.69, 9.17) is 11.6 Å². The highest BCUT2D eigenvalue weighted by molar-refractivity contribution is 7.98. The maximum Gasteiger partial charge on any atom is 0.0223 e. The molecule has 2 rings (SSSR count). The first kappa shape index (κ1) is 12.8. The minimum absolute atomic E-state index is 0.788. The Morgan fingerprint density at radius 3 is 2.59 bits per heavy atom. The van der Waals surface area contributed by atoms with E-state index >= 15 is 0 Å². The van der Waals surface area contributed by atoms with Gasteiger partial charge in [-0.1, -0.05) is 42.5 Å². The summed E-state index contributed by atoms with van der Waals surface area (Å²) in [4.78, 5) is 0. The predicted molar refractivity (Wildman–Crippen MR) is 80.1 cm³/mol. The van der Waals surface area contributed by atoms with E-state index in [0.717, 1.165) is 18.1 Å². The molecule has 0 saturated carbocycles. The van der Waals surface area contributed by atoms with Gasteiger partial charge in [-0.2, -0.15) is 11.8 Å². The van der Waals surface area contributed by atoms with Gasteiger partial charge in [0.1, 0.15) is 0 Å². The number of unbranched alkanes of at least 4 members (excludes halogenated alkanes) is 1. The Bertz CT molecular complexity index is 467. The fourth-order valence-corrected chi connectivity index (χ4v) is 2.97. The Balaban J connectivity index is 1.90. The Kier molecular flexibility index (Phi) is 5.21. The van der Waals surface area contributed by atoms with Crippen LogP contribution in [-0.2, 0) is 5.75 Å². The molecule has 0 radical (unpaired) electrons. The number of hydrogen-bond acceptors (Lipinski definition) is 1. The van der Waals surface area contributed by atoms with Gasteiger partial charge in [-0.15, -0.1) is 11.6 Å². The average Bonchev–Trinajstić information content (AvgIpc) is 2.38. The molecule has 0 spiro atoms. The second kappa shape index (κ2) is 6.93. The average molecular weight is 265 g/mol. The van der Waals surface area contributed by atoms with Crippen molar-refractivity contribution in [3.05, 3.63) is 48.0 Å². The summed E-state index contributed by atoms with van der Waals surface area (Å²) >= 11 is 7.65. The normalized spacial score (nSPS) is 10.9. The van der Waals surface area contributed by atoms with Crippen LogP contribution in [0, 0.1) is 0 Å². The number of rotatable bonds is 6. The van der Waals surface area contributed by atoms with Crippen molar-refractivity contribution >= 4 is 34.1 Å². The first-order valence-electron chi connectivity index (χ1n) is 6.01. The molecule has 0 amide bonds. The smallest absolute Gasteiger partial charge is 0.0223 e. The Morgan fingerprint density at radius 1 is 0.941 bits per heavy atom. The molecule has 0 unspecified atom stereocenters. The SMILES string of the molecule is ClCCCCSCc1ccc2ccccc2c1. The molecule has 2 heteroatoms. The van der Waals surface area contributed by atoms with Gasteiger partial charge in [0.05, 0.1) is 0 Å². The standard InChI is InChI=1S/C15H17ClS/c16-9-3-4-10-17-12-13-7-8-14-5-1-2-6-15(14)11-13/h1-2,5-8,11H,3-4,9-10,12H2. The van der Waals surface area contributed by atoms with E-state index in [1.165, 1.54) is 28.5 Å². The summed E-state index contributed by atoms with van der Waals surface area (Å²) in [5.41, 5.74) is 1.42. The van der Waals surface area contributed by atoms with Crippen LogP contribution in [0.1, 0.15) is 18.4 Å². The number of alkyl halides is 1. The third kappa shape index (κ3) is 3.93. The van der Waals surface area contributed by atoms with E-state index in [9.17, 15) is 0 Å². The van der Waals surface area contributed by atoms with Crippen LogP contribution in [0.3, 0.4) is 0 Å². The fourth-order valence-electron chi connectivity index (χ4n) is 1.82. The molecule has 0 aliphatic rings. The number of halogens is 1. The van der Waals surface area contributed by atoms with Crippen LogP contribution in [0.15, 0.2) is 42.5 Å². The summed E-state index contributed by atoms with van der Waals surface area (Å²) < 4.78 is 0. The molecular weight excluding hydrogens is 248 g/mol. The Labute approximate surface area is 112 Å². The van der Waals surface area contributed by atoms with Crippen molar-refractivity contribution in [2.24, 2.45) is 0 Å². The number of fused-ring (bicyclic) bond motifs is 1. The van der Waals surface area contributed by atoms with Gasteiger partial charge in [-0.3, -0.25) is 0 Å². The van der Waals surface area contributed by atoms with Crippen LogP contribution in [0.2, 0.25) is 0 Å². The van der Waals surface area contributed by atoms with Crippen LogP contribution in [0.4, 0.5) is 0 Å². The lowest BCUT2D eigenvalue weighted by Gasteiger charge is -2.03. The van der Waals surface area contributed by atoms with Crippen LogP contribution in [0.5, 0.6) is 0 Å². The maximum atomic E-state index is 5.65. The van der Waals surface area contributed by atoms with Crippen LogP contribution < -0.4 is 0 Å². The minimum atomic E-state index is 0.788. The third-order valence-electron chi connectivity index (χ3n) is 2.75. The van der Waals surface area contributed by atoms with E-state index < -0.39 is 0 Å². The molecule has 0 aromatic heterocycles. The van der Waals surface area contributed by atoms with Crippen LogP contribution in [0.25, 0.3) is 10.8 Å². The molecule has 0 saturated heterocycles. The number of benzene rings is 2. The third-order valence-corrected chi connectivity index (χ3v) is 4.14. The highest BCUT2D eigenvalue weighted by Crippen LogP contribution is 2.19. The van der Waals surface area contributed by atoms with E-state index in [-0.39, 0.29) is 0 Å². The first-order chi connectivity index (χ1) is 8.40. The lowest BCUT2D eigenvalue weighted by Crippen LogP contribution is -1.85. The summed E-state index contributed by atoms with van der Waals surface area (Å²) in [6.07, 6.45) is 2.36. The molecule has 0 fully saturated rings. The largest absolute Gasteiger partial charge is 0.157 e. The lowest BCUT2D eigenvalue weighted by molar-refractivity contribution is 0.903. The van der Waals surface area contributed by atoms with Crippen LogP contribution >= 0.6 is 23.4 Å². The van der Waals surface area contributed by atoms with Gasteiger partial charge >= 0.3 is 0 Å². The molecule has 90 valence electrons. The van der Waals surface area contributed by atoms with Crippen molar-refractivity contribution in [3.8, 4) is 0 Å². The molecule has 0 heterocycles. The summed E-state index contributed by atoms with van der Waals surface area (Å²) in [5, 5.41) is 2.66. The first-order valence-corrected chi connectivity index (χ1v) is 7.70. The van der Waals surface area contributed by atoms with Crippen molar-refractivity contribution in [1.29, 1.82) is 0 Å². The topological polar surface area (TPSA) is 0 Å². The molecular formula is C15H17ClS. The zero-order chi connectivity index (χ0) is 11.9. The van der Waals surface area contributed by atoms with Gasteiger partial charge in [-0.25, -0.2) is 0 Å². The summed E-state index contributed by atoms with van der Waals surface area (Å²) in [5.74, 6) is 3.10. The van der Waals surface area contributed by atoms with Crippen molar-refractivity contribution in [2.75, 3.05) is 11.6 Å². The summed E-state index contributed by atoms with van der Waals surface area (Å²) in [6.45, 7) is 0. The quantitative estimate of drug-likeness (QED) is 0.517. The fraction of sp³-hybridized carbons (Fsp3) is 0.333. The van der Waals surface area contributed by atoms with E-state index in [1.54, 1.807) is 0 Å². The second-order valence-corrected chi connectivity index (χ2v) is 5.61. The second-order valence-electron chi connectivity index (χ2n) is 4.13. The highest BCUT2D eigenvalue weighted by Gasteiger charge is 1.96. The van der Waals surface area contributed by atoms with Crippen molar-refractivity contribution in [3.63, 3.8) is 0 Å². The molecule has 0 aliphatic heterocycles. The van der Waals surface area contributed by atoms with Gasteiger partial charge in [0.15, 0.2) is 0 Å². The molecule has 0 nitrogen and oxygen atoms in total. The van der Waals surface area contributed by atoms with E-state index in [0.29, 0.717) is 0 Å². The van der Waals surface area contributed by atoms with Gasteiger partial charge in [0, 0.05) is 11.6 Å². The number of hydrogen-bond donors (Lipinski definition) is 0. The maximum absolute atomic E-state index is 5.65. The van der Waals surface area contributed by atoms with E-state index in [2.05, 4.69) is 42.5 Å². The van der Waals surface area contributed by atoms with Crippen molar-refractivity contribution in [2.45, 2.75) is 18.6 Å². The van der Waals surface area contributed by atoms with Crippen molar-refractivity contribution < 1.29 is 0 Å². The monoisotopic (exact) mass is 264 g/mol. The molecule has 2 aromatic carbocycles. The zero-order valence-corrected chi connectivity index (χ0v) is 11.4. The van der Waals surface area contributed by atoms with Crippen LogP contribution in [-0.4, -0.2) is 11.6 Å². The predicted octanol–water partition coefficient (Wildman–Crippen LogP) is 5.09. The minimum Gasteiger partial charge on any atom is -0.157 e. The van der Waals surface area contributed by atoms with Crippen molar-refractivity contribution in [1.82, 2.24) is 0 Å². The molecule has 0 aliphatic carbocycles. The Morgan fingerprint density at radius 2 is 1.76 bits per heavy atom. The highest BCUT2D eigenvalue weighted by atomic mass is 35.5. The van der Waals surface area contributed by atoms with Gasteiger partial charge in [-0.05, 0) is 34.9 Å². The molecule has 17 heavy (non-hydrogen) atoms. The summed E-state index contributed by atoms with van der Waals surface area (Å²) in [7, 11) is 0. The molecule has 0 atom stereocenters. The molecule has 0 bridgehead atoms. The Hall–Kier alpha value is -0.660. The number of thioether (sulfide) groups is 1. The zero-order valence-electron chi connectivity index (χ0n) is 9.86. The van der Waals surface area contributed by atoms with Gasteiger partial charge in [0.2, 0.25) is 0 Å². The lowest BCUT2D eigenvalue weighted by atomic mass is 10.1.